The molecule has 4 rings (SSSR count). The van der Waals surface area contributed by atoms with Crippen LogP contribution in [0.2, 0.25) is 0 Å². The Balaban J connectivity index is 1.52. The third-order valence-electron chi connectivity index (χ3n) is 3.99. The molecule has 1 aliphatic rings. The molecule has 9 heteroatoms. The van der Waals surface area contributed by atoms with Gasteiger partial charge < -0.3 is 14.8 Å². The highest BCUT2D eigenvalue weighted by Crippen LogP contribution is 2.32. The van der Waals surface area contributed by atoms with Crippen molar-refractivity contribution in [3.8, 4) is 23.0 Å². The highest BCUT2D eigenvalue weighted by Gasteiger charge is 2.16. The second-order valence-electron chi connectivity index (χ2n) is 5.91. The molecular weight excluding hydrogens is 350 g/mol. The van der Waals surface area contributed by atoms with Gasteiger partial charge in [-0.1, -0.05) is 6.07 Å². The fraction of sp³-hybridized carbons (Fsp3) is 0.222. The monoisotopic (exact) mass is 367 g/mol. The number of hydrogen-bond donors (Lipinski definition) is 2. The van der Waals surface area contributed by atoms with Crippen molar-refractivity contribution < 1.29 is 14.3 Å². The number of pyridine rings is 1. The van der Waals surface area contributed by atoms with Gasteiger partial charge in [0.1, 0.15) is 12.2 Å². The Bertz CT molecular complexity index is 1010. The lowest BCUT2D eigenvalue weighted by atomic mass is 10.2. The van der Waals surface area contributed by atoms with Crippen LogP contribution in [0, 0.1) is 0 Å². The van der Waals surface area contributed by atoms with Crippen LogP contribution in [0.15, 0.2) is 47.4 Å². The largest absolute Gasteiger partial charge is 0.490 e. The van der Waals surface area contributed by atoms with Gasteiger partial charge in [-0.2, -0.15) is 5.10 Å². The zero-order valence-corrected chi connectivity index (χ0v) is 14.3. The van der Waals surface area contributed by atoms with E-state index < -0.39 is 5.69 Å². The van der Waals surface area contributed by atoms with E-state index in [-0.39, 0.29) is 12.5 Å². The third kappa shape index (κ3) is 3.66. The number of hydrogen-bond acceptors (Lipinski definition) is 6. The maximum Gasteiger partial charge on any atom is 0.344 e. The van der Waals surface area contributed by atoms with E-state index in [9.17, 15) is 9.59 Å². The van der Waals surface area contributed by atoms with E-state index in [1.54, 1.807) is 42.6 Å². The summed E-state index contributed by atoms with van der Waals surface area (Å²) >= 11 is 0. The van der Waals surface area contributed by atoms with Gasteiger partial charge in [0.15, 0.2) is 17.3 Å². The quantitative estimate of drug-likeness (QED) is 0.722. The number of carbonyl (C=O) groups excluding carboxylic acids is 1. The van der Waals surface area contributed by atoms with Gasteiger partial charge in [-0.15, -0.1) is 0 Å². The maximum atomic E-state index is 12.4. The summed E-state index contributed by atoms with van der Waals surface area (Å²) in [6.07, 6.45) is 2.40. The average Bonchev–Trinajstić information content (AvgIpc) is 2.89. The van der Waals surface area contributed by atoms with Crippen LogP contribution >= 0.6 is 0 Å². The number of anilines is 1. The van der Waals surface area contributed by atoms with E-state index in [1.807, 2.05) is 0 Å². The van der Waals surface area contributed by atoms with Gasteiger partial charge in [0, 0.05) is 24.4 Å². The summed E-state index contributed by atoms with van der Waals surface area (Å²) in [6.45, 7) is 0.955. The summed E-state index contributed by atoms with van der Waals surface area (Å²) in [7, 11) is 0. The Morgan fingerprint density at radius 3 is 2.85 bits per heavy atom. The van der Waals surface area contributed by atoms with Gasteiger partial charge in [-0.25, -0.2) is 9.89 Å². The van der Waals surface area contributed by atoms with Crippen LogP contribution in [0.1, 0.15) is 6.42 Å². The molecule has 0 fully saturated rings. The van der Waals surface area contributed by atoms with Crippen LogP contribution in [0.5, 0.6) is 11.5 Å². The summed E-state index contributed by atoms with van der Waals surface area (Å²) < 4.78 is 12.4. The minimum atomic E-state index is -0.482. The van der Waals surface area contributed by atoms with Crippen molar-refractivity contribution in [1.82, 2.24) is 19.7 Å². The van der Waals surface area contributed by atoms with Crippen LogP contribution in [0.4, 0.5) is 5.69 Å². The predicted molar refractivity (Wildman–Crippen MR) is 96.8 cm³/mol. The third-order valence-corrected chi connectivity index (χ3v) is 3.99. The van der Waals surface area contributed by atoms with E-state index in [1.165, 1.54) is 4.57 Å². The first-order chi connectivity index (χ1) is 13.2. The summed E-state index contributed by atoms with van der Waals surface area (Å²) in [5, 5.41) is 9.07. The van der Waals surface area contributed by atoms with Crippen LogP contribution in [-0.4, -0.2) is 38.9 Å². The smallest absolute Gasteiger partial charge is 0.344 e. The van der Waals surface area contributed by atoms with Gasteiger partial charge in [0.2, 0.25) is 5.91 Å². The van der Waals surface area contributed by atoms with E-state index in [2.05, 4.69) is 20.5 Å². The Kier molecular flexibility index (Phi) is 4.56. The molecule has 0 saturated carbocycles. The number of fused-ring (bicyclic) bond motifs is 1. The lowest BCUT2D eigenvalue weighted by Crippen LogP contribution is -2.26. The molecule has 1 aliphatic heterocycles. The molecule has 1 aromatic carbocycles. The Hall–Kier alpha value is -3.62. The number of benzene rings is 1. The van der Waals surface area contributed by atoms with E-state index >= 15 is 0 Å². The van der Waals surface area contributed by atoms with Crippen LogP contribution in [-0.2, 0) is 11.3 Å². The molecule has 0 radical (unpaired) electrons. The van der Waals surface area contributed by atoms with Gasteiger partial charge in [0.05, 0.1) is 13.2 Å². The normalized spacial score (nSPS) is 13.0. The summed E-state index contributed by atoms with van der Waals surface area (Å²) in [4.78, 5) is 28.6. The van der Waals surface area contributed by atoms with E-state index in [0.29, 0.717) is 41.9 Å². The number of aromatic amines is 1. The first kappa shape index (κ1) is 16.8. The summed E-state index contributed by atoms with van der Waals surface area (Å²) in [5.41, 5.74) is 0.573. The van der Waals surface area contributed by atoms with E-state index in [0.717, 1.165) is 6.42 Å². The van der Waals surface area contributed by atoms with Crippen molar-refractivity contribution in [2.45, 2.75) is 13.0 Å². The molecular formula is C18H17N5O4. The molecule has 138 valence electrons. The van der Waals surface area contributed by atoms with Gasteiger partial charge in [-0.05, 0) is 24.3 Å². The van der Waals surface area contributed by atoms with Crippen LogP contribution < -0.4 is 20.5 Å². The SMILES string of the molecule is O=C(Cn1c(-c2ccccn2)n[nH]c1=O)Nc1ccc2c(c1)OCCCO2. The fourth-order valence-electron chi connectivity index (χ4n) is 2.74. The first-order valence-electron chi connectivity index (χ1n) is 8.47. The number of nitrogens with zero attached hydrogens (tertiary/aromatic N) is 3. The minimum absolute atomic E-state index is 0.199. The minimum Gasteiger partial charge on any atom is -0.490 e. The zero-order chi connectivity index (χ0) is 18.6. The zero-order valence-electron chi connectivity index (χ0n) is 14.3. The Labute approximate surface area is 154 Å². The van der Waals surface area contributed by atoms with Crippen molar-refractivity contribution in [3.63, 3.8) is 0 Å². The van der Waals surface area contributed by atoms with Gasteiger partial charge in [-0.3, -0.25) is 14.3 Å². The molecule has 27 heavy (non-hydrogen) atoms. The molecule has 1 amide bonds. The lowest BCUT2D eigenvalue weighted by Gasteiger charge is -2.11. The van der Waals surface area contributed by atoms with Crippen molar-refractivity contribution >= 4 is 11.6 Å². The van der Waals surface area contributed by atoms with E-state index in [4.69, 9.17) is 9.47 Å². The fourth-order valence-corrected chi connectivity index (χ4v) is 2.74. The standard InChI is InChI=1S/C18H17N5O4/c24-16(20-12-5-6-14-15(10-12)27-9-3-8-26-14)11-23-17(21-22-18(23)25)13-4-1-2-7-19-13/h1-2,4-7,10H,3,8-9,11H2,(H,20,24)(H,22,25). The maximum absolute atomic E-state index is 12.4. The van der Waals surface area contributed by atoms with Crippen molar-refractivity contribution in [2.24, 2.45) is 0 Å². The Morgan fingerprint density at radius 1 is 1.19 bits per heavy atom. The summed E-state index contributed by atoms with van der Waals surface area (Å²) in [5.74, 6) is 1.16. The number of aromatic nitrogens is 4. The predicted octanol–water partition coefficient (Wildman–Crippen LogP) is 1.43. The molecule has 0 bridgehead atoms. The molecule has 0 spiro atoms. The number of rotatable bonds is 4. The van der Waals surface area contributed by atoms with Crippen LogP contribution in [0.25, 0.3) is 11.5 Å². The topological polar surface area (TPSA) is 111 Å². The number of nitrogens with one attached hydrogen (secondary N) is 2. The molecule has 0 saturated heterocycles. The Morgan fingerprint density at radius 2 is 2.04 bits per heavy atom. The molecule has 2 N–H and O–H groups in total. The van der Waals surface area contributed by atoms with Crippen LogP contribution in [0.3, 0.4) is 0 Å². The van der Waals surface area contributed by atoms with Crippen molar-refractivity contribution in [2.75, 3.05) is 18.5 Å². The number of ether oxygens (including phenoxy) is 2. The molecule has 3 aromatic rings. The molecule has 9 nitrogen and oxygen atoms in total. The number of H-pyrrole nitrogens is 1. The second kappa shape index (κ2) is 7.32. The molecule has 0 atom stereocenters. The first-order valence-corrected chi connectivity index (χ1v) is 8.47. The van der Waals surface area contributed by atoms with Gasteiger partial charge >= 0.3 is 5.69 Å². The summed E-state index contributed by atoms with van der Waals surface area (Å²) in [6, 6.07) is 10.4. The second-order valence-corrected chi connectivity index (χ2v) is 5.91. The van der Waals surface area contributed by atoms with Crippen molar-refractivity contribution in [3.05, 3.63) is 53.1 Å². The van der Waals surface area contributed by atoms with Crippen molar-refractivity contribution in [1.29, 1.82) is 0 Å². The molecule has 3 heterocycles. The highest BCUT2D eigenvalue weighted by molar-refractivity contribution is 5.91. The molecule has 0 unspecified atom stereocenters. The lowest BCUT2D eigenvalue weighted by molar-refractivity contribution is -0.116. The molecule has 0 aliphatic carbocycles. The number of carbonyl (C=O) groups is 1. The average molecular weight is 367 g/mol. The number of amides is 1. The highest BCUT2D eigenvalue weighted by atomic mass is 16.5. The van der Waals surface area contributed by atoms with Gasteiger partial charge in [0.25, 0.3) is 0 Å². The molecule has 2 aromatic heterocycles.